The third-order valence-electron chi connectivity index (χ3n) is 3.51. The molecule has 16 heavy (non-hydrogen) atoms. The topological polar surface area (TPSA) is 76.0 Å². The van der Waals surface area contributed by atoms with Crippen LogP contribution in [0.4, 0.5) is 0 Å². The van der Waals surface area contributed by atoms with E-state index in [4.69, 9.17) is 14.0 Å². The van der Waals surface area contributed by atoms with Gasteiger partial charge in [0.05, 0.1) is 6.10 Å². The molecular formula is C10H18O5Si. The third kappa shape index (κ3) is 1.79. The molecule has 2 aliphatic rings. The Morgan fingerprint density at radius 3 is 2.69 bits per heavy atom. The minimum atomic E-state index is -2.42. The molecule has 4 unspecified atom stereocenters. The molecule has 5 nitrogen and oxygen atoms in total. The van der Waals surface area contributed by atoms with Crippen molar-refractivity contribution in [2.75, 3.05) is 0 Å². The average molecular weight is 246 g/mol. The Morgan fingerprint density at radius 2 is 2.12 bits per heavy atom. The predicted molar refractivity (Wildman–Crippen MR) is 58.3 cm³/mol. The minimum Gasteiger partial charge on any atom is -0.479 e. The number of rotatable bonds is 2. The van der Waals surface area contributed by atoms with Crippen LogP contribution in [0.15, 0.2) is 0 Å². The number of aliphatic carboxylic acids is 1. The Labute approximate surface area is 95.6 Å². The molecule has 0 aromatic carbocycles. The zero-order chi connectivity index (χ0) is 11.9. The van der Waals surface area contributed by atoms with E-state index < -0.39 is 26.7 Å². The number of aliphatic hydroxyl groups is 1. The SMILES string of the molecule is CC(C)[Si]12CCCC(O1)C(O)C(C(=O)O)O2. The first-order chi connectivity index (χ1) is 7.46. The van der Waals surface area contributed by atoms with E-state index in [1.807, 2.05) is 13.8 Å². The fraction of sp³-hybridized carbons (Fsp3) is 0.900. The van der Waals surface area contributed by atoms with Gasteiger partial charge in [-0.2, -0.15) is 0 Å². The summed E-state index contributed by atoms with van der Waals surface area (Å²) in [6, 6.07) is 0.831. The molecule has 0 spiro atoms. The van der Waals surface area contributed by atoms with E-state index in [2.05, 4.69) is 0 Å². The summed E-state index contributed by atoms with van der Waals surface area (Å²) in [5, 5.41) is 18.9. The standard InChI is InChI=1S/C10H18O5Si/c1-6(2)16-5-3-4-7(14-16)8(11)9(15-16)10(12)13/h6-9,11H,3-5H2,1-2H3,(H,12,13). The molecule has 0 aromatic heterocycles. The highest BCUT2D eigenvalue weighted by Crippen LogP contribution is 2.41. The molecule has 0 aliphatic carbocycles. The van der Waals surface area contributed by atoms with Crippen molar-refractivity contribution in [1.82, 2.24) is 0 Å². The van der Waals surface area contributed by atoms with Crippen LogP contribution in [0.25, 0.3) is 0 Å². The molecule has 2 N–H and O–H groups in total. The van der Waals surface area contributed by atoms with E-state index in [9.17, 15) is 9.90 Å². The lowest BCUT2D eigenvalue weighted by atomic mass is 10.0. The summed E-state index contributed by atoms with van der Waals surface area (Å²) in [5.41, 5.74) is 0.213. The second-order valence-corrected chi connectivity index (χ2v) is 8.63. The van der Waals surface area contributed by atoms with Gasteiger partial charge in [-0.1, -0.05) is 13.8 Å². The van der Waals surface area contributed by atoms with Crippen LogP contribution < -0.4 is 0 Å². The van der Waals surface area contributed by atoms with Crippen LogP contribution in [0.3, 0.4) is 0 Å². The number of hydrogen-bond acceptors (Lipinski definition) is 4. The number of hydrogen-bond donors (Lipinski definition) is 2. The molecule has 2 saturated heterocycles. The van der Waals surface area contributed by atoms with Gasteiger partial charge in [0.1, 0.15) is 6.10 Å². The molecule has 0 amide bonds. The first-order valence-electron chi connectivity index (χ1n) is 5.73. The van der Waals surface area contributed by atoms with Crippen molar-refractivity contribution in [3.05, 3.63) is 0 Å². The lowest BCUT2D eigenvalue weighted by Crippen LogP contribution is -2.65. The molecule has 92 valence electrons. The molecule has 2 bridgehead atoms. The van der Waals surface area contributed by atoms with Crippen LogP contribution in [-0.4, -0.2) is 43.1 Å². The van der Waals surface area contributed by atoms with Crippen LogP contribution in [0.5, 0.6) is 0 Å². The van der Waals surface area contributed by atoms with Gasteiger partial charge in [-0.15, -0.1) is 0 Å². The Hall–Kier alpha value is -0.433. The molecule has 2 heterocycles. The first kappa shape index (κ1) is 12.0. The maximum atomic E-state index is 11.0. The van der Waals surface area contributed by atoms with E-state index in [1.165, 1.54) is 0 Å². The summed E-state index contributed by atoms with van der Waals surface area (Å²) >= 11 is 0. The third-order valence-corrected chi connectivity index (χ3v) is 7.67. The first-order valence-corrected chi connectivity index (χ1v) is 7.83. The summed E-state index contributed by atoms with van der Waals surface area (Å²) in [6.45, 7) is 4.01. The summed E-state index contributed by atoms with van der Waals surface area (Å²) in [6.07, 6.45) is -0.795. The van der Waals surface area contributed by atoms with Gasteiger partial charge in [0, 0.05) is 0 Å². The van der Waals surface area contributed by atoms with E-state index >= 15 is 0 Å². The maximum absolute atomic E-state index is 11.0. The van der Waals surface area contributed by atoms with Crippen LogP contribution in [-0.2, 0) is 13.6 Å². The number of carboxylic acids is 1. The van der Waals surface area contributed by atoms with Crippen LogP contribution in [0.2, 0.25) is 11.6 Å². The maximum Gasteiger partial charge on any atom is 0.341 e. The van der Waals surface area contributed by atoms with Gasteiger partial charge in [-0.25, -0.2) is 4.79 Å². The van der Waals surface area contributed by atoms with Crippen molar-refractivity contribution in [2.45, 2.75) is 56.6 Å². The predicted octanol–water partition coefficient (Wildman–Crippen LogP) is 0.862. The molecule has 2 aliphatic heterocycles. The molecule has 0 aromatic rings. The van der Waals surface area contributed by atoms with Crippen LogP contribution >= 0.6 is 0 Å². The molecule has 2 fully saturated rings. The lowest BCUT2D eigenvalue weighted by Gasteiger charge is -2.49. The van der Waals surface area contributed by atoms with Crippen LogP contribution in [0.1, 0.15) is 26.7 Å². The van der Waals surface area contributed by atoms with Gasteiger partial charge < -0.3 is 19.1 Å². The molecule has 0 saturated carbocycles. The fourth-order valence-electron chi connectivity index (χ4n) is 2.49. The molecule has 6 heteroatoms. The molecule has 2 rings (SSSR count). The molecule has 4 atom stereocenters. The van der Waals surface area contributed by atoms with Gasteiger partial charge in [0.15, 0.2) is 6.10 Å². The summed E-state index contributed by atoms with van der Waals surface area (Å²) in [5.74, 6) is -1.08. The van der Waals surface area contributed by atoms with Crippen molar-refractivity contribution < 1.29 is 23.9 Å². The average Bonchev–Trinajstić information content (AvgIpc) is 2.23. The Balaban J connectivity index is 2.26. The number of carbonyl (C=O) groups is 1. The van der Waals surface area contributed by atoms with Crippen molar-refractivity contribution in [2.24, 2.45) is 0 Å². The van der Waals surface area contributed by atoms with Crippen LogP contribution in [0, 0.1) is 0 Å². The second-order valence-electron chi connectivity index (χ2n) is 4.88. The minimum absolute atomic E-state index is 0.213. The van der Waals surface area contributed by atoms with E-state index in [1.54, 1.807) is 0 Å². The Bertz CT molecular complexity index is 295. The zero-order valence-electron chi connectivity index (χ0n) is 9.55. The van der Waals surface area contributed by atoms with Gasteiger partial charge >= 0.3 is 14.5 Å². The summed E-state index contributed by atoms with van der Waals surface area (Å²) in [4.78, 5) is 11.0. The summed E-state index contributed by atoms with van der Waals surface area (Å²) in [7, 11) is -2.42. The highest BCUT2D eigenvalue weighted by Gasteiger charge is 2.56. The number of aliphatic hydroxyl groups excluding tert-OH is 1. The summed E-state index contributed by atoms with van der Waals surface area (Å²) < 4.78 is 11.5. The van der Waals surface area contributed by atoms with E-state index in [0.29, 0.717) is 0 Å². The Kier molecular flexibility index (Phi) is 3.09. The van der Waals surface area contributed by atoms with E-state index in [-0.39, 0.29) is 11.6 Å². The normalized spacial score (nSPS) is 43.4. The monoisotopic (exact) mass is 246 g/mol. The second kappa shape index (κ2) is 4.10. The largest absolute Gasteiger partial charge is 0.479 e. The van der Waals surface area contributed by atoms with Crippen molar-refractivity contribution in [3.8, 4) is 0 Å². The van der Waals surface area contributed by atoms with Crippen molar-refractivity contribution >= 4 is 14.5 Å². The highest BCUT2D eigenvalue weighted by molar-refractivity contribution is 6.69. The fourth-order valence-corrected chi connectivity index (χ4v) is 6.04. The van der Waals surface area contributed by atoms with Crippen molar-refractivity contribution in [3.63, 3.8) is 0 Å². The van der Waals surface area contributed by atoms with Gasteiger partial charge in [0.2, 0.25) is 0 Å². The highest BCUT2D eigenvalue weighted by atomic mass is 28.4. The van der Waals surface area contributed by atoms with E-state index in [0.717, 1.165) is 18.9 Å². The lowest BCUT2D eigenvalue weighted by molar-refractivity contribution is -0.169. The van der Waals surface area contributed by atoms with Gasteiger partial charge in [-0.3, -0.25) is 0 Å². The van der Waals surface area contributed by atoms with Gasteiger partial charge in [0.25, 0.3) is 0 Å². The molecule has 0 radical (unpaired) electrons. The number of carboxylic acid groups (broad SMARTS) is 1. The molecular weight excluding hydrogens is 228 g/mol. The number of fused-ring (bicyclic) bond motifs is 2. The Morgan fingerprint density at radius 1 is 1.44 bits per heavy atom. The van der Waals surface area contributed by atoms with Crippen molar-refractivity contribution in [1.29, 1.82) is 0 Å². The zero-order valence-corrected chi connectivity index (χ0v) is 10.5. The van der Waals surface area contributed by atoms with Gasteiger partial charge in [-0.05, 0) is 24.4 Å². The smallest absolute Gasteiger partial charge is 0.341 e. The quantitative estimate of drug-likeness (QED) is 0.707.